The molecule has 5 nitrogen and oxygen atoms in total. The van der Waals surface area contributed by atoms with E-state index in [1.165, 1.54) is 0 Å². The van der Waals surface area contributed by atoms with Crippen LogP contribution in [0, 0.1) is 13.8 Å². The van der Waals surface area contributed by atoms with Crippen LogP contribution in [0.15, 0.2) is 17.0 Å². The van der Waals surface area contributed by atoms with E-state index < -0.39 is 10.0 Å². The Morgan fingerprint density at radius 1 is 1.25 bits per heavy atom. The molecule has 0 amide bonds. The summed E-state index contributed by atoms with van der Waals surface area (Å²) in [6.45, 7) is 5.62. The van der Waals surface area contributed by atoms with Crippen molar-refractivity contribution in [1.29, 1.82) is 0 Å². The van der Waals surface area contributed by atoms with Crippen molar-refractivity contribution in [2.45, 2.75) is 25.7 Å². The summed E-state index contributed by atoms with van der Waals surface area (Å²) >= 11 is 0. The summed E-state index contributed by atoms with van der Waals surface area (Å²) in [6.07, 6.45) is 0. The SMILES string of the molecule is CCNS(=O)(=O)c1c(C)cc(NN)cc1C. The topological polar surface area (TPSA) is 84.2 Å². The van der Waals surface area contributed by atoms with Gasteiger partial charge in [-0.25, -0.2) is 13.1 Å². The van der Waals surface area contributed by atoms with Gasteiger partial charge < -0.3 is 5.43 Å². The Labute approximate surface area is 96.1 Å². The van der Waals surface area contributed by atoms with Crippen molar-refractivity contribution >= 4 is 15.7 Å². The van der Waals surface area contributed by atoms with E-state index in [9.17, 15) is 8.42 Å². The zero-order valence-electron chi connectivity index (χ0n) is 9.66. The maximum Gasteiger partial charge on any atom is 0.241 e. The first-order chi connectivity index (χ1) is 7.42. The van der Waals surface area contributed by atoms with E-state index in [1.54, 1.807) is 32.9 Å². The smallest absolute Gasteiger partial charge is 0.241 e. The Morgan fingerprint density at radius 3 is 2.12 bits per heavy atom. The van der Waals surface area contributed by atoms with E-state index in [0.29, 0.717) is 28.3 Å². The van der Waals surface area contributed by atoms with Gasteiger partial charge >= 0.3 is 0 Å². The van der Waals surface area contributed by atoms with E-state index in [0.717, 1.165) is 0 Å². The molecule has 6 heteroatoms. The van der Waals surface area contributed by atoms with Crippen molar-refractivity contribution in [3.8, 4) is 0 Å². The van der Waals surface area contributed by atoms with Crippen LogP contribution in [-0.4, -0.2) is 15.0 Å². The first-order valence-electron chi connectivity index (χ1n) is 5.00. The molecule has 0 heterocycles. The highest BCUT2D eigenvalue weighted by molar-refractivity contribution is 7.89. The molecule has 0 bridgehead atoms. The van der Waals surface area contributed by atoms with Gasteiger partial charge in [0.2, 0.25) is 10.0 Å². The molecule has 0 saturated carbocycles. The number of anilines is 1. The largest absolute Gasteiger partial charge is 0.324 e. The van der Waals surface area contributed by atoms with Crippen LogP contribution in [-0.2, 0) is 10.0 Å². The summed E-state index contributed by atoms with van der Waals surface area (Å²) in [5.74, 6) is 5.29. The fraction of sp³-hybridized carbons (Fsp3) is 0.400. The average Bonchev–Trinajstić information content (AvgIpc) is 2.15. The highest BCUT2D eigenvalue weighted by Crippen LogP contribution is 2.23. The summed E-state index contributed by atoms with van der Waals surface area (Å²) in [5.41, 5.74) is 4.55. The fourth-order valence-corrected chi connectivity index (χ4v) is 3.21. The molecule has 0 saturated heterocycles. The number of nitrogens with two attached hydrogens (primary N) is 1. The Bertz CT molecular complexity index is 460. The second-order valence-corrected chi connectivity index (χ2v) is 5.29. The lowest BCUT2D eigenvalue weighted by Gasteiger charge is -2.13. The molecule has 0 radical (unpaired) electrons. The Morgan fingerprint density at radius 2 is 1.75 bits per heavy atom. The van der Waals surface area contributed by atoms with Crippen LogP contribution in [0.25, 0.3) is 0 Å². The normalized spacial score (nSPS) is 11.5. The van der Waals surface area contributed by atoms with Crippen LogP contribution in [0.5, 0.6) is 0 Å². The molecular weight excluding hydrogens is 226 g/mol. The molecule has 0 aliphatic rings. The molecule has 16 heavy (non-hydrogen) atoms. The molecule has 90 valence electrons. The van der Waals surface area contributed by atoms with Crippen molar-refractivity contribution in [2.24, 2.45) is 5.84 Å². The number of hydrazine groups is 1. The van der Waals surface area contributed by atoms with Gasteiger partial charge in [-0.1, -0.05) is 6.92 Å². The molecule has 1 aromatic carbocycles. The third-order valence-electron chi connectivity index (χ3n) is 2.23. The first kappa shape index (κ1) is 13.0. The third-order valence-corrected chi connectivity index (χ3v) is 4.08. The molecule has 0 spiro atoms. The van der Waals surface area contributed by atoms with Gasteiger partial charge in [0, 0.05) is 12.2 Å². The van der Waals surface area contributed by atoms with Crippen LogP contribution in [0.2, 0.25) is 0 Å². The third kappa shape index (κ3) is 2.52. The lowest BCUT2D eigenvalue weighted by atomic mass is 10.1. The van der Waals surface area contributed by atoms with Gasteiger partial charge in [-0.15, -0.1) is 0 Å². The zero-order chi connectivity index (χ0) is 12.3. The summed E-state index contributed by atoms with van der Waals surface area (Å²) in [4.78, 5) is 0.327. The Kier molecular flexibility index (Phi) is 3.90. The second-order valence-electron chi connectivity index (χ2n) is 3.58. The van der Waals surface area contributed by atoms with Gasteiger partial charge in [0.25, 0.3) is 0 Å². The number of hydrogen-bond acceptors (Lipinski definition) is 4. The lowest BCUT2D eigenvalue weighted by Crippen LogP contribution is -2.25. The van der Waals surface area contributed by atoms with Gasteiger partial charge in [0.15, 0.2) is 0 Å². The van der Waals surface area contributed by atoms with Crippen molar-refractivity contribution in [3.63, 3.8) is 0 Å². The second kappa shape index (κ2) is 4.82. The van der Waals surface area contributed by atoms with Gasteiger partial charge in [0.05, 0.1) is 4.90 Å². The minimum absolute atomic E-state index is 0.327. The van der Waals surface area contributed by atoms with E-state index >= 15 is 0 Å². The molecule has 0 atom stereocenters. The number of nitrogens with one attached hydrogen (secondary N) is 2. The molecule has 0 aliphatic carbocycles. The fourth-order valence-electron chi connectivity index (χ4n) is 1.72. The average molecular weight is 243 g/mol. The molecule has 0 unspecified atom stereocenters. The standard InChI is InChI=1S/C10H17N3O2S/c1-4-12-16(14,15)10-7(2)5-9(13-11)6-8(10)3/h5-6,12-13H,4,11H2,1-3H3. The predicted octanol–water partition coefficient (Wildman–Crippen LogP) is 0.887. The highest BCUT2D eigenvalue weighted by atomic mass is 32.2. The maximum absolute atomic E-state index is 11.9. The first-order valence-corrected chi connectivity index (χ1v) is 6.48. The molecular formula is C10H17N3O2S. The number of nitrogen functional groups attached to an aromatic ring is 1. The van der Waals surface area contributed by atoms with Gasteiger partial charge in [-0.05, 0) is 37.1 Å². The van der Waals surface area contributed by atoms with Crippen molar-refractivity contribution < 1.29 is 8.42 Å². The Hall–Kier alpha value is -1.11. The number of hydrogen-bond donors (Lipinski definition) is 3. The number of sulfonamides is 1. The maximum atomic E-state index is 11.9. The Balaban J connectivity index is 3.36. The quantitative estimate of drug-likeness (QED) is 0.541. The minimum atomic E-state index is -3.42. The monoisotopic (exact) mass is 243 g/mol. The lowest BCUT2D eigenvalue weighted by molar-refractivity contribution is 0.582. The predicted molar refractivity (Wildman–Crippen MR) is 64.6 cm³/mol. The number of benzene rings is 1. The summed E-state index contributed by atoms with van der Waals surface area (Å²) in [7, 11) is -3.42. The number of aryl methyl sites for hydroxylation is 2. The van der Waals surface area contributed by atoms with Crippen LogP contribution in [0.4, 0.5) is 5.69 Å². The summed E-state index contributed by atoms with van der Waals surface area (Å²) in [6, 6.07) is 3.41. The van der Waals surface area contributed by atoms with E-state index in [-0.39, 0.29) is 0 Å². The van der Waals surface area contributed by atoms with Crippen molar-refractivity contribution in [1.82, 2.24) is 4.72 Å². The van der Waals surface area contributed by atoms with Crippen LogP contribution in [0.3, 0.4) is 0 Å². The zero-order valence-corrected chi connectivity index (χ0v) is 10.5. The van der Waals surface area contributed by atoms with E-state index in [4.69, 9.17) is 5.84 Å². The van der Waals surface area contributed by atoms with Crippen LogP contribution >= 0.6 is 0 Å². The molecule has 0 aromatic heterocycles. The molecule has 0 fully saturated rings. The molecule has 0 aliphatic heterocycles. The molecule has 1 rings (SSSR count). The molecule has 1 aromatic rings. The summed E-state index contributed by atoms with van der Waals surface area (Å²) in [5, 5.41) is 0. The van der Waals surface area contributed by atoms with E-state index in [1.807, 2.05) is 0 Å². The number of rotatable bonds is 4. The van der Waals surface area contributed by atoms with Crippen molar-refractivity contribution in [2.75, 3.05) is 12.0 Å². The van der Waals surface area contributed by atoms with Gasteiger partial charge in [0.1, 0.15) is 0 Å². The van der Waals surface area contributed by atoms with E-state index in [2.05, 4.69) is 10.1 Å². The minimum Gasteiger partial charge on any atom is -0.324 e. The molecule has 4 N–H and O–H groups in total. The van der Waals surface area contributed by atoms with Gasteiger partial charge in [-0.3, -0.25) is 5.84 Å². The van der Waals surface area contributed by atoms with Crippen molar-refractivity contribution in [3.05, 3.63) is 23.3 Å². The van der Waals surface area contributed by atoms with Crippen LogP contribution in [0.1, 0.15) is 18.1 Å². The van der Waals surface area contributed by atoms with Gasteiger partial charge in [-0.2, -0.15) is 0 Å². The van der Waals surface area contributed by atoms with Crippen LogP contribution < -0.4 is 16.0 Å². The highest BCUT2D eigenvalue weighted by Gasteiger charge is 2.18. The summed E-state index contributed by atoms with van der Waals surface area (Å²) < 4.78 is 26.3.